The van der Waals surface area contributed by atoms with Crippen LogP contribution in [0.5, 0.6) is 11.5 Å². The topological polar surface area (TPSA) is 199 Å². The van der Waals surface area contributed by atoms with Crippen LogP contribution in [-0.4, -0.2) is 115 Å². The molecule has 2 aromatic carbocycles. The highest BCUT2D eigenvalue weighted by atomic mass is 16.6. The lowest BCUT2D eigenvalue weighted by Crippen LogP contribution is -2.57. The average Bonchev–Trinajstić information content (AvgIpc) is 3.00. The molecular formula is C33H47N5O9. The van der Waals surface area contributed by atoms with Crippen LogP contribution in [-0.2, 0) is 36.7 Å². The Bertz CT molecular complexity index is 1430. The maximum atomic E-state index is 14.0. The normalized spacial score (nSPS) is 19.6. The molecule has 1 heterocycles. The van der Waals surface area contributed by atoms with Crippen LogP contribution >= 0.6 is 0 Å². The molecule has 0 saturated heterocycles. The number of rotatable bonds is 9. The van der Waals surface area contributed by atoms with E-state index in [2.05, 4.69) is 21.3 Å². The Hall–Kier alpha value is -4.40. The molecule has 4 atom stereocenters. The lowest BCUT2D eigenvalue weighted by Gasteiger charge is -2.32. The summed E-state index contributed by atoms with van der Waals surface area (Å²) < 4.78 is 10.7. The highest BCUT2D eigenvalue weighted by Crippen LogP contribution is 2.31. The molecule has 4 bridgehead atoms. The summed E-state index contributed by atoms with van der Waals surface area (Å²) in [7, 11) is 4.59. The summed E-state index contributed by atoms with van der Waals surface area (Å²) in [6.07, 6.45) is -1.97. The molecule has 47 heavy (non-hydrogen) atoms. The number of esters is 1. The van der Waals surface area contributed by atoms with Crippen molar-refractivity contribution < 1.29 is 44.0 Å². The Labute approximate surface area is 274 Å². The molecule has 1 aliphatic heterocycles. The number of alkyl carbamates (subject to hydrolysis) is 1. The number of phenolic OH excluding ortho intramolecular Hbond substituents is 2. The second-order valence-electron chi connectivity index (χ2n) is 12.5. The first kappa shape index (κ1) is 37.1. The van der Waals surface area contributed by atoms with Crippen molar-refractivity contribution in [2.24, 2.45) is 0 Å². The molecule has 0 unspecified atom stereocenters. The number of aliphatic hydroxyl groups excluding tert-OH is 1. The van der Waals surface area contributed by atoms with Gasteiger partial charge in [-0.2, -0.15) is 0 Å². The number of carbonyl (C=O) groups is 4. The number of hydrogen-bond donors (Lipinski definition) is 7. The molecule has 3 amide bonds. The molecule has 1 aliphatic rings. The minimum absolute atomic E-state index is 0.0223. The van der Waals surface area contributed by atoms with Gasteiger partial charge in [0, 0.05) is 32.9 Å². The fraction of sp³-hybridized carbons (Fsp3) is 0.515. The first-order valence-electron chi connectivity index (χ1n) is 15.5. The Morgan fingerprint density at radius 1 is 1.02 bits per heavy atom. The minimum Gasteiger partial charge on any atom is -0.508 e. The van der Waals surface area contributed by atoms with E-state index in [4.69, 9.17) is 9.47 Å². The molecule has 0 aromatic heterocycles. The van der Waals surface area contributed by atoms with Crippen LogP contribution < -0.4 is 21.3 Å². The van der Waals surface area contributed by atoms with E-state index in [9.17, 15) is 34.5 Å². The first-order chi connectivity index (χ1) is 22.1. The van der Waals surface area contributed by atoms with Crippen LogP contribution in [0.3, 0.4) is 0 Å². The van der Waals surface area contributed by atoms with Crippen molar-refractivity contribution in [3.8, 4) is 22.6 Å². The van der Waals surface area contributed by atoms with Crippen molar-refractivity contribution in [3.05, 3.63) is 47.5 Å². The van der Waals surface area contributed by atoms with Gasteiger partial charge in [0.2, 0.25) is 11.8 Å². The molecule has 3 rings (SSSR count). The molecule has 0 radical (unpaired) electrons. The van der Waals surface area contributed by atoms with E-state index in [0.717, 1.165) is 4.90 Å². The highest BCUT2D eigenvalue weighted by Gasteiger charge is 2.36. The van der Waals surface area contributed by atoms with Gasteiger partial charge in [0.1, 0.15) is 35.8 Å². The van der Waals surface area contributed by atoms with Crippen molar-refractivity contribution in [1.29, 1.82) is 0 Å². The summed E-state index contributed by atoms with van der Waals surface area (Å²) >= 11 is 0. The first-order valence-corrected chi connectivity index (χ1v) is 15.5. The second kappa shape index (κ2) is 16.4. The fourth-order valence-corrected chi connectivity index (χ4v) is 5.19. The Morgan fingerprint density at radius 3 is 2.17 bits per heavy atom. The zero-order chi connectivity index (χ0) is 34.9. The molecule has 0 saturated carbocycles. The van der Waals surface area contributed by atoms with E-state index >= 15 is 0 Å². The highest BCUT2D eigenvalue weighted by molar-refractivity contribution is 5.92. The number of carbonyl (C=O) groups excluding carboxylic acids is 4. The van der Waals surface area contributed by atoms with Crippen LogP contribution in [0.4, 0.5) is 4.79 Å². The summed E-state index contributed by atoms with van der Waals surface area (Å²) in [5, 5.41) is 43.1. The molecule has 14 heteroatoms. The monoisotopic (exact) mass is 657 g/mol. The smallest absolute Gasteiger partial charge is 0.407 e. The number of benzene rings is 2. The summed E-state index contributed by atoms with van der Waals surface area (Å²) in [6.45, 7) is 4.99. The summed E-state index contributed by atoms with van der Waals surface area (Å²) in [6, 6.07) is 6.39. The van der Waals surface area contributed by atoms with E-state index in [-0.39, 0.29) is 50.5 Å². The van der Waals surface area contributed by atoms with Gasteiger partial charge in [-0.3, -0.25) is 9.59 Å². The third-order valence-corrected chi connectivity index (χ3v) is 7.66. The van der Waals surface area contributed by atoms with E-state index in [0.29, 0.717) is 22.3 Å². The van der Waals surface area contributed by atoms with E-state index in [1.165, 1.54) is 19.2 Å². The average molecular weight is 658 g/mol. The van der Waals surface area contributed by atoms with Crippen molar-refractivity contribution in [1.82, 2.24) is 26.2 Å². The van der Waals surface area contributed by atoms with Crippen molar-refractivity contribution in [2.75, 3.05) is 40.8 Å². The SMILES string of the molecule is CNC[C@H](O)C[C@@H]1NC(=O)[C@@H](NC)Cc2cc(ccc2O)-c2ccc(O)c(c2)C[C@@H](C(=O)OCCNC(=O)OC(C)(C)C)N(C)C1=O. The largest absolute Gasteiger partial charge is 0.508 e. The van der Waals surface area contributed by atoms with Gasteiger partial charge in [0.25, 0.3) is 0 Å². The zero-order valence-electron chi connectivity index (χ0n) is 27.8. The van der Waals surface area contributed by atoms with E-state index in [1.54, 1.807) is 59.1 Å². The molecule has 14 nitrogen and oxygen atoms in total. The van der Waals surface area contributed by atoms with Crippen molar-refractivity contribution in [2.45, 2.75) is 69.9 Å². The molecule has 0 spiro atoms. The van der Waals surface area contributed by atoms with Crippen LogP contribution in [0, 0.1) is 0 Å². The van der Waals surface area contributed by atoms with E-state index < -0.39 is 53.7 Å². The zero-order valence-corrected chi connectivity index (χ0v) is 27.8. The number of hydrogen-bond acceptors (Lipinski definition) is 11. The molecule has 258 valence electrons. The van der Waals surface area contributed by atoms with Gasteiger partial charge in [-0.15, -0.1) is 0 Å². The van der Waals surface area contributed by atoms with Gasteiger partial charge < -0.3 is 51.0 Å². The third kappa shape index (κ3) is 10.6. The van der Waals surface area contributed by atoms with Crippen molar-refractivity contribution in [3.63, 3.8) is 0 Å². The lowest BCUT2D eigenvalue weighted by atomic mass is 9.95. The van der Waals surface area contributed by atoms with Gasteiger partial charge in [-0.1, -0.05) is 12.1 Å². The Balaban J connectivity index is 2.02. The molecule has 0 aliphatic carbocycles. The van der Waals surface area contributed by atoms with Gasteiger partial charge in [-0.05, 0) is 81.4 Å². The van der Waals surface area contributed by atoms with Crippen LogP contribution in [0.1, 0.15) is 38.3 Å². The number of aliphatic hydroxyl groups is 1. The molecule has 2 aromatic rings. The van der Waals surface area contributed by atoms with Gasteiger partial charge in [-0.25, -0.2) is 9.59 Å². The van der Waals surface area contributed by atoms with Crippen LogP contribution in [0.15, 0.2) is 36.4 Å². The molecule has 7 N–H and O–H groups in total. The summed E-state index contributed by atoms with van der Waals surface area (Å²) in [5.41, 5.74) is 1.44. The lowest BCUT2D eigenvalue weighted by molar-refractivity contribution is -0.155. The summed E-state index contributed by atoms with van der Waals surface area (Å²) in [5.74, 6) is -2.19. The van der Waals surface area contributed by atoms with E-state index in [1.807, 2.05) is 0 Å². The maximum Gasteiger partial charge on any atom is 0.407 e. The number of fused-ring (bicyclic) bond motifs is 5. The van der Waals surface area contributed by atoms with Crippen LogP contribution in [0.25, 0.3) is 11.1 Å². The standard InChI is InChI=1S/C33H47N5O9/c1-33(2,3)47-32(45)36-11-12-46-31(44)26-16-22-14-20(8-10-28(22)41)19-7-9-27(40)21(13-19)15-24(35-5)29(42)37-25(30(43)38(26)6)17-23(39)18-34-4/h7-10,13-14,23-26,34-35,39-41H,11-12,15-18H2,1-6H3,(H,36,45)(H,37,42)/t23-,24+,25+,26+/m1/s1. The number of ether oxygens (including phenoxy) is 2. The predicted octanol–water partition coefficient (Wildman–Crippen LogP) is 0.802. The van der Waals surface area contributed by atoms with Crippen LogP contribution in [0.2, 0.25) is 0 Å². The summed E-state index contributed by atoms with van der Waals surface area (Å²) in [4.78, 5) is 54.3. The fourth-order valence-electron chi connectivity index (χ4n) is 5.19. The minimum atomic E-state index is -1.27. The Morgan fingerprint density at radius 2 is 1.62 bits per heavy atom. The second-order valence-corrected chi connectivity index (χ2v) is 12.5. The maximum absolute atomic E-state index is 14.0. The Kier molecular flexibility index (Phi) is 13.0. The van der Waals surface area contributed by atoms with Gasteiger partial charge in [0.05, 0.1) is 18.7 Å². The number of amides is 3. The predicted molar refractivity (Wildman–Crippen MR) is 174 cm³/mol. The van der Waals surface area contributed by atoms with Gasteiger partial charge >= 0.3 is 12.1 Å². The number of nitrogens with one attached hydrogen (secondary N) is 4. The third-order valence-electron chi connectivity index (χ3n) is 7.66. The number of aromatic hydroxyl groups is 2. The number of likely N-dealkylation sites (N-methyl/N-ethyl adjacent to an activating group) is 3. The molecular weight excluding hydrogens is 610 g/mol. The number of nitrogens with zero attached hydrogens (tertiary/aromatic N) is 1. The quantitative estimate of drug-likeness (QED) is 0.149. The molecule has 0 fully saturated rings. The van der Waals surface area contributed by atoms with Crippen molar-refractivity contribution >= 4 is 23.9 Å². The number of phenols is 2. The van der Waals surface area contributed by atoms with Gasteiger partial charge in [0.15, 0.2) is 0 Å².